The predicted octanol–water partition coefficient (Wildman–Crippen LogP) is 0.499. The van der Waals surface area contributed by atoms with Gasteiger partial charge < -0.3 is 0 Å². The van der Waals surface area contributed by atoms with Gasteiger partial charge in [-0.05, 0) is 27.7 Å². The van der Waals surface area contributed by atoms with Crippen LogP contribution in [0.1, 0.15) is 27.7 Å². The maximum Gasteiger partial charge on any atom is 0.265 e. The molecule has 0 atom stereocenters. The van der Waals surface area contributed by atoms with Crippen molar-refractivity contribution in [3.63, 3.8) is 0 Å². The highest BCUT2D eigenvalue weighted by atomic mass is 32.2. The van der Waals surface area contributed by atoms with Crippen LogP contribution in [0.5, 0.6) is 0 Å². The summed E-state index contributed by atoms with van der Waals surface area (Å²) >= 11 is 0. The van der Waals surface area contributed by atoms with E-state index in [-0.39, 0.29) is 0 Å². The molecule has 0 saturated heterocycles. The molecule has 0 aromatic heterocycles. The van der Waals surface area contributed by atoms with Gasteiger partial charge in [-0.1, -0.05) is 11.8 Å². The van der Waals surface area contributed by atoms with Gasteiger partial charge in [0.1, 0.15) is 11.2 Å². The Morgan fingerprint density at radius 1 is 0.722 bits per heavy atom. The molecule has 0 N–H and O–H groups in total. The summed E-state index contributed by atoms with van der Waals surface area (Å²) in [4.78, 5) is 0. The standard InChI is InChI=1S/C10H18O6S2/c1-9(2,15-17(5,11)12)7-8-10(3,4)16-18(6,13)14/h1-6H3. The Balaban J connectivity index is 5.06. The van der Waals surface area contributed by atoms with E-state index < -0.39 is 31.4 Å². The van der Waals surface area contributed by atoms with E-state index in [1.54, 1.807) is 0 Å². The SMILES string of the molecule is CC(C)(C#CC(C)(C)OS(C)(=O)=O)OS(C)(=O)=O. The van der Waals surface area contributed by atoms with E-state index in [4.69, 9.17) is 8.37 Å². The molecule has 0 aromatic carbocycles. The molecule has 8 heteroatoms. The molecule has 18 heavy (non-hydrogen) atoms. The number of hydrogen-bond acceptors (Lipinski definition) is 6. The molecule has 6 nitrogen and oxygen atoms in total. The molecular weight excluding hydrogens is 280 g/mol. The van der Waals surface area contributed by atoms with Crippen molar-refractivity contribution in [2.24, 2.45) is 0 Å². The van der Waals surface area contributed by atoms with Gasteiger partial charge >= 0.3 is 0 Å². The van der Waals surface area contributed by atoms with Crippen LogP contribution in [0.2, 0.25) is 0 Å². The summed E-state index contributed by atoms with van der Waals surface area (Å²) in [5.41, 5.74) is -2.52. The first-order valence-electron chi connectivity index (χ1n) is 4.97. The summed E-state index contributed by atoms with van der Waals surface area (Å²) < 4.78 is 53.4. The Morgan fingerprint density at radius 2 is 0.944 bits per heavy atom. The third-order valence-electron chi connectivity index (χ3n) is 1.38. The van der Waals surface area contributed by atoms with E-state index >= 15 is 0 Å². The Hall–Kier alpha value is -0.620. The lowest BCUT2D eigenvalue weighted by molar-refractivity contribution is 0.170. The largest absolute Gasteiger partial charge is 0.265 e. The first-order valence-corrected chi connectivity index (χ1v) is 8.61. The molecule has 0 saturated carbocycles. The average Bonchev–Trinajstić information content (AvgIpc) is 1.91. The first kappa shape index (κ1) is 17.4. The summed E-state index contributed by atoms with van der Waals surface area (Å²) in [5, 5.41) is 0. The fraction of sp³-hybridized carbons (Fsp3) is 0.800. The average molecular weight is 298 g/mol. The zero-order valence-corrected chi connectivity index (χ0v) is 12.9. The molecule has 0 fully saturated rings. The summed E-state index contributed by atoms with van der Waals surface area (Å²) in [5.74, 6) is 5.08. The number of hydrogen-bond donors (Lipinski definition) is 0. The van der Waals surface area contributed by atoms with Crippen molar-refractivity contribution >= 4 is 20.2 Å². The molecule has 0 aliphatic rings. The van der Waals surface area contributed by atoms with Gasteiger partial charge in [-0.15, -0.1) is 0 Å². The van der Waals surface area contributed by atoms with Gasteiger partial charge in [0.05, 0.1) is 12.5 Å². The van der Waals surface area contributed by atoms with Crippen LogP contribution in [0.3, 0.4) is 0 Å². The highest BCUT2D eigenvalue weighted by molar-refractivity contribution is 7.86. The minimum Gasteiger partial charge on any atom is -0.251 e. The van der Waals surface area contributed by atoms with Crippen LogP contribution < -0.4 is 0 Å². The van der Waals surface area contributed by atoms with E-state index in [0.717, 1.165) is 12.5 Å². The third kappa shape index (κ3) is 9.41. The van der Waals surface area contributed by atoms with Gasteiger partial charge in [-0.25, -0.2) is 0 Å². The summed E-state index contributed by atoms with van der Waals surface area (Å²) in [7, 11) is -7.29. The molecule has 0 amide bonds. The van der Waals surface area contributed by atoms with Crippen molar-refractivity contribution < 1.29 is 25.2 Å². The van der Waals surface area contributed by atoms with Crippen LogP contribution >= 0.6 is 0 Å². The Bertz CT molecular complexity index is 507. The van der Waals surface area contributed by atoms with Crippen molar-refractivity contribution in [2.75, 3.05) is 12.5 Å². The van der Waals surface area contributed by atoms with Crippen LogP contribution in [0.4, 0.5) is 0 Å². The Morgan fingerprint density at radius 3 is 1.11 bits per heavy atom. The lowest BCUT2D eigenvalue weighted by Gasteiger charge is -2.20. The quantitative estimate of drug-likeness (QED) is 0.555. The van der Waals surface area contributed by atoms with Gasteiger partial charge in [0.15, 0.2) is 0 Å². The van der Waals surface area contributed by atoms with Crippen molar-refractivity contribution in [3.05, 3.63) is 0 Å². The van der Waals surface area contributed by atoms with Crippen molar-refractivity contribution in [1.29, 1.82) is 0 Å². The molecule has 106 valence electrons. The molecule has 0 rings (SSSR count). The van der Waals surface area contributed by atoms with Crippen molar-refractivity contribution in [3.8, 4) is 11.8 Å². The van der Waals surface area contributed by atoms with Crippen LogP contribution in [0.25, 0.3) is 0 Å². The Kier molecular flexibility index (Phi) is 4.99. The molecule has 0 radical (unpaired) electrons. The van der Waals surface area contributed by atoms with Crippen LogP contribution in [0.15, 0.2) is 0 Å². The van der Waals surface area contributed by atoms with E-state index in [9.17, 15) is 16.8 Å². The molecule has 0 aliphatic heterocycles. The molecule has 0 heterocycles. The second-order valence-electron chi connectivity index (χ2n) is 4.85. The molecule has 0 bridgehead atoms. The second kappa shape index (κ2) is 5.17. The summed E-state index contributed by atoms with van der Waals surface area (Å²) in [6, 6.07) is 0. The normalized spacial score (nSPS) is 13.9. The van der Waals surface area contributed by atoms with E-state index in [1.165, 1.54) is 27.7 Å². The smallest absolute Gasteiger partial charge is 0.251 e. The van der Waals surface area contributed by atoms with Crippen LogP contribution in [-0.4, -0.2) is 40.5 Å². The minimum absolute atomic E-state index is 0.911. The summed E-state index contributed by atoms with van der Waals surface area (Å²) in [6.45, 7) is 5.82. The zero-order chi connectivity index (χ0) is 14.8. The van der Waals surface area contributed by atoms with E-state index in [0.29, 0.717) is 0 Å². The van der Waals surface area contributed by atoms with Crippen LogP contribution in [0, 0.1) is 11.8 Å². The molecule has 0 spiro atoms. The fourth-order valence-corrected chi connectivity index (χ4v) is 2.70. The highest BCUT2D eigenvalue weighted by Gasteiger charge is 2.25. The van der Waals surface area contributed by atoms with Crippen molar-refractivity contribution in [1.82, 2.24) is 0 Å². The fourth-order valence-electron chi connectivity index (χ4n) is 1.10. The molecule has 0 unspecified atom stereocenters. The molecular formula is C10H18O6S2. The van der Waals surface area contributed by atoms with Gasteiger partial charge in [-0.3, -0.25) is 8.37 Å². The van der Waals surface area contributed by atoms with Crippen LogP contribution in [-0.2, 0) is 28.6 Å². The Labute approximate surface area is 109 Å². The minimum atomic E-state index is -3.65. The molecule has 0 aliphatic carbocycles. The topological polar surface area (TPSA) is 86.7 Å². The second-order valence-corrected chi connectivity index (χ2v) is 8.00. The third-order valence-corrected chi connectivity index (χ3v) is 2.82. The van der Waals surface area contributed by atoms with Gasteiger partial charge in [0.25, 0.3) is 20.2 Å². The maximum absolute atomic E-state index is 11.0. The van der Waals surface area contributed by atoms with Crippen molar-refractivity contribution in [2.45, 2.75) is 38.9 Å². The van der Waals surface area contributed by atoms with Gasteiger partial charge in [-0.2, -0.15) is 16.8 Å². The van der Waals surface area contributed by atoms with Gasteiger partial charge in [0.2, 0.25) is 0 Å². The van der Waals surface area contributed by atoms with E-state index in [1.807, 2.05) is 0 Å². The summed E-state index contributed by atoms with van der Waals surface area (Å²) in [6.07, 6.45) is 1.82. The highest BCUT2D eigenvalue weighted by Crippen LogP contribution is 2.15. The maximum atomic E-state index is 11.0. The molecule has 0 aromatic rings. The first-order chi connectivity index (χ1) is 7.62. The van der Waals surface area contributed by atoms with E-state index in [2.05, 4.69) is 11.8 Å². The predicted molar refractivity (Wildman–Crippen MR) is 67.8 cm³/mol. The lowest BCUT2D eigenvalue weighted by Crippen LogP contribution is -2.29. The van der Waals surface area contributed by atoms with Gasteiger partial charge in [0, 0.05) is 0 Å². The number of rotatable bonds is 4. The zero-order valence-electron chi connectivity index (χ0n) is 11.3. The monoisotopic (exact) mass is 298 g/mol. The lowest BCUT2D eigenvalue weighted by atomic mass is 10.1.